The first-order valence-electron chi connectivity index (χ1n) is 7.45. The summed E-state index contributed by atoms with van der Waals surface area (Å²) in [5.41, 5.74) is 1.57. The van der Waals surface area contributed by atoms with Crippen LogP contribution in [-0.4, -0.2) is 44.3 Å². The molecule has 1 rings (SSSR count). The maximum Gasteiger partial charge on any atom is 0.203 e. The molecular weight excluding hydrogens is 272 g/mol. The van der Waals surface area contributed by atoms with E-state index < -0.39 is 0 Å². The van der Waals surface area contributed by atoms with Gasteiger partial charge in [0.05, 0.1) is 18.9 Å². The fourth-order valence-corrected chi connectivity index (χ4v) is 2.61. The minimum Gasteiger partial charge on any atom is -0.381 e. The van der Waals surface area contributed by atoms with Crippen molar-refractivity contribution in [3.8, 4) is 0 Å². The minimum absolute atomic E-state index is 0.00167. The van der Waals surface area contributed by atoms with Crippen LogP contribution in [0.15, 0.2) is 4.79 Å². The zero-order valence-corrected chi connectivity index (χ0v) is 13.6. The second-order valence-corrected chi connectivity index (χ2v) is 5.45. The average molecular weight is 298 g/mol. The van der Waals surface area contributed by atoms with Crippen molar-refractivity contribution in [2.75, 3.05) is 44.7 Å². The smallest absolute Gasteiger partial charge is 0.203 e. The van der Waals surface area contributed by atoms with E-state index >= 15 is 0 Å². The van der Waals surface area contributed by atoms with E-state index in [9.17, 15) is 4.79 Å². The van der Waals surface area contributed by atoms with Gasteiger partial charge in [0.2, 0.25) is 5.43 Å². The lowest BCUT2D eigenvalue weighted by molar-refractivity contribution is 0.111. The van der Waals surface area contributed by atoms with Crippen molar-refractivity contribution in [2.24, 2.45) is 0 Å². The van der Waals surface area contributed by atoms with Gasteiger partial charge < -0.3 is 15.0 Å². The maximum atomic E-state index is 11.2. The van der Waals surface area contributed by atoms with Gasteiger partial charge in [-0.05, 0) is 32.9 Å². The molecular formula is C15H26N2O2S. The molecule has 0 amide bonds. The molecule has 0 aliphatic rings. The lowest BCUT2D eigenvalue weighted by Crippen LogP contribution is -2.29. The summed E-state index contributed by atoms with van der Waals surface area (Å²) >= 11 is 4.98. The van der Waals surface area contributed by atoms with E-state index in [1.807, 2.05) is 0 Å². The number of hydrogen-bond acceptors (Lipinski definition) is 5. The molecule has 0 spiro atoms. The number of ether oxygens (including phenoxy) is 1. The molecule has 4 nitrogen and oxygen atoms in total. The molecule has 0 saturated carbocycles. The Morgan fingerprint density at radius 2 is 1.80 bits per heavy atom. The van der Waals surface area contributed by atoms with E-state index in [1.165, 1.54) is 12.8 Å². The maximum absolute atomic E-state index is 11.2. The van der Waals surface area contributed by atoms with E-state index in [1.54, 1.807) is 6.92 Å². The summed E-state index contributed by atoms with van der Waals surface area (Å²) < 4.78 is 6.05. The van der Waals surface area contributed by atoms with Crippen LogP contribution >= 0.6 is 12.2 Å². The van der Waals surface area contributed by atoms with Crippen molar-refractivity contribution in [1.29, 1.82) is 0 Å². The molecule has 1 N–H and O–H groups in total. The Labute approximate surface area is 126 Å². The summed E-state index contributed by atoms with van der Waals surface area (Å²) in [7, 11) is 0. The molecule has 0 fully saturated rings. The highest BCUT2D eigenvalue weighted by Crippen LogP contribution is 2.14. The first kappa shape index (κ1) is 17.3. The lowest BCUT2D eigenvalue weighted by Gasteiger charge is -2.20. The Morgan fingerprint density at radius 1 is 1.15 bits per heavy atom. The third-order valence-corrected chi connectivity index (χ3v) is 3.72. The van der Waals surface area contributed by atoms with Crippen molar-refractivity contribution in [3.05, 3.63) is 20.3 Å². The zero-order chi connectivity index (χ0) is 15.0. The summed E-state index contributed by atoms with van der Waals surface area (Å²) in [6.07, 6.45) is 2.36. The van der Waals surface area contributed by atoms with E-state index in [2.05, 4.69) is 24.1 Å². The Bertz CT molecular complexity index is 460. The van der Waals surface area contributed by atoms with Crippen molar-refractivity contribution in [3.63, 3.8) is 0 Å². The monoisotopic (exact) mass is 298 g/mol. The standard InChI is InChI=1S/C15H26N2O2S/c1-4-7-17(8-5-2)9-11-19-10-6-16-13-12(3)14(18)15(13)20/h16H,4-11H2,1-3H3. The SMILES string of the molecule is CCCN(CCC)CCOCCNc1c(C)c(=O)c1=S. The van der Waals surface area contributed by atoms with Crippen LogP contribution in [0.25, 0.3) is 0 Å². The normalized spacial score (nSPS) is 11.4. The van der Waals surface area contributed by atoms with Crippen LogP contribution < -0.4 is 10.7 Å². The Kier molecular flexibility index (Phi) is 7.95. The van der Waals surface area contributed by atoms with Crippen molar-refractivity contribution < 1.29 is 4.74 Å². The molecule has 1 aromatic rings. The van der Waals surface area contributed by atoms with Crippen LogP contribution in [0.2, 0.25) is 0 Å². The third-order valence-electron chi connectivity index (χ3n) is 3.33. The number of hydrogen-bond donors (Lipinski definition) is 1. The van der Waals surface area contributed by atoms with Gasteiger partial charge in [0.15, 0.2) is 0 Å². The van der Waals surface area contributed by atoms with Gasteiger partial charge in [-0.25, -0.2) is 0 Å². The molecule has 114 valence electrons. The fourth-order valence-electron chi connectivity index (χ4n) is 2.23. The summed E-state index contributed by atoms with van der Waals surface area (Å²) in [6, 6.07) is 0. The molecule has 1 aromatic carbocycles. The predicted octanol–water partition coefficient (Wildman–Crippen LogP) is 2.51. The third kappa shape index (κ3) is 4.96. The Balaban J connectivity index is 2.10. The summed E-state index contributed by atoms with van der Waals surface area (Å²) in [5.74, 6) is 0. The molecule has 0 saturated heterocycles. The predicted molar refractivity (Wildman–Crippen MR) is 87.0 cm³/mol. The van der Waals surface area contributed by atoms with Crippen LogP contribution in [0, 0.1) is 11.4 Å². The molecule has 20 heavy (non-hydrogen) atoms. The Hall–Kier alpha value is -0.780. The van der Waals surface area contributed by atoms with E-state index in [-0.39, 0.29) is 5.43 Å². The van der Waals surface area contributed by atoms with E-state index in [0.29, 0.717) is 17.7 Å². The van der Waals surface area contributed by atoms with Gasteiger partial charge >= 0.3 is 0 Å². The molecule has 0 aromatic heterocycles. The molecule has 0 aliphatic heterocycles. The number of anilines is 1. The van der Waals surface area contributed by atoms with Crippen LogP contribution in [0.4, 0.5) is 5.69 Å². The first-order valence-corrected chi connectivity index (χ1v) is 7.86. The molecule has 0 heterocycles. The fraction of sp³-hybridized carbons (Fsp3) is 0.733. The van der Waals surface area contributed by atoms with Gasteiger partial charge in [-0.15, -0.1) is 0 Å². The summed E-state index contributed by atoms with van der Waals surface area (Å²) in [6.45, 7) is 11.5. The van der Waals surface area contributed by atoms with Gasteiger partial charge in [0.25, 0.3) is 0 Å². The second kappa shape index (κ2) is 9.21. The van der Waals surface area contributed by atoms with Crippen LogP contribution in [0.3, 0.4) is 0 Å². The van der Waals surface area contributed by atoms with Crippen molar-refractivity contribution in [1.82, 2.24) is 4.90 Å². The molecule has 0 radical (unpaired) electrons. The minimum atomic E-state index is -0.00167. The highest BCUT2D eigenvalue weighted by Gasteiger charge is 2.11. The summed E-state index contributed by atoms with van der Waals surface area (Å²) in [4.78, 5) is 13.7. The quantitative estimate of drug-likeness (QED) is 0.502. The van der Waals surface area contributed by atoms with Gasteiger partial charge in [-0.3, -0.25) is 4.79 Å². The molecule has 0 atom stereocenters. The van der Waals surface area contributed by atoms with E-state index in [4.69, 9.17) is 17.0 Å². The molecule has 0 bridgehead atoms. The molecule has 5 heteroatoms. The largest absolute Gasteiger partial charge is 0.381 e. The number of nitrogens with one attached hydrogen (secondary N) is 1. The molecule has 0 unspecified atom stereocenters. The van der Waals surface area contributed by atoms with Gasteiger partial charge in [-0.1, -0.05) is 26.1 Å². The van der Waals surface area contributed by atoms with Crippen molar-refractivity contribution >= 4 is 17.9 Å². The number of rotatable bonds is 11. The summed E-state index contributed by atoms with van der Waals surface area (Å²) in [5, 5.41) is 3.17. The second-order valence-electron chi connectivity index (χ2n) is 5.04. The number of nitrogens with zero attached hydrogens (tertiary/aromatic N) is 1. The van der Waals surface area contributed by atoms with Crippen LogP contribution in [0.5, 0.6) is 0 Å². The van der Waals surface area contributed by atoms with Gasteiger partial charge in [0, 0.05) is 18.7 Å². The van der Waals surface area contributed by atoms with Crippen LogP contribution in [0.1, 0.15) is 32.3 Å². The van der Waals surface area contributed by atoms with Crippen molar-refractivity contribution in [2.45, 2.75) is 33.6 Å². The topological polar surface area (TPSA) is 41.6 Å². The van der Waals surface area contributed by atoms with Crippen LogP contribution in [-0.2, 0) is 4.74 Å². The molecule has 0 aliphatic carbocycles. The highest BCUT2D eigenvalue weighted by atomic mass is 32.1. The Morgan fingerprint density at radius 3 is 2.35 bits per heavy atom. The highest BCUT2D eigenvalue weighted by molar-refractivity contribution is 7.71. The van der Waals surface area contributed by atoms with Gasteiger partial charge in [-0.2, -0.15) is 0 Å². The van der Waals surface area contributed by atoms with E-state index in [0.717, 1.165) is 37.5 Å². The average Bonchev–Trinajstić information content (AvgIpc) is 2.45. The lowest BCUT2D eigenvalue weighted by atomic mass is 10.1. The first-order chi connectivity index (χ1) is 9.61. The zero-order valence-electron chi connectivity index (χ0n) is 12.8. The van der Waals surface area contributed by atoms with Gasteiger partial charge in [0.1, 0.15) is 4.51 Å².